The quantitative estimate of drug-likeness (QED) is 0.431. The van der Waals surface area contributed by atoms with Gasteiger partial charge in [-0.15, -0.1) is 0 Å². The van der Waals surface area contributed by atoms with Crippen molar-refractivity contribution in [1.82, 2.24) is 4.90 Å². The molecule has 0 radical (unpaired) electrons. The van der Waals surface area contributed by atoms with Crippen LogP contribution in [0.3, 0.4) is 0 Å². The van der Waals surface area contributed by atoms with Crippen LogP contribution in [0.1, 0.15) is 5.56 Å². The summed E-state index contributed by atoms with van der Waals surface area (Å²) in [6, 6.07) is 3.40. The fourth-order valence-electron chi connectivity index (χ4n) is 2.22. The number of β-amino-alcohol motifs (C(OH)–C–C–N with tert-alkyl or cyclic N) is 2. The van der Waals surface area contributed by atoms with Crippen LogP contribution in [0.15, 0.2) is 18.2 Å². The summed E-state index contributed by atoms with van der Waals surface area (Å²) in [7, 11) is 0. The van der Waals surface area contributed by atoms with Gasteiger partial charge in [-0.25, -0.2) is 0 Å². The molecule has 20 heavy (non-hydrogen) atoms. The van der Waals surface area contributed by atoms with Crippen LogP contribution in [0.2, 0.25) is 0 Å². The van der Waals surface area contributed by atoms with E-state index in [9.17, 15) is 25.2 Å². The van der Waals surface area contributed by atoms with Crippen molar-refractivity contribution < 1.29 is 25.2 Å². The van der Waals surface area contributed by atoms with E-state index in [1.54, 1.807) is 6.07 Å². The summed E-state index contributed by atoms with van der Waals surface area (Å²) in [6.07, 6.45) is -1.69. The molecule has 110 valence electrons. The van der Waals surface area contributed by atoms with E-state index in [0.717, 1.165) is 0 Å². The molecule has 0 bridgehead atoms. The predicted molar refractivity (Wildman–Crippen MR) is 70.0 cm³/mol. The van der Waals surface area contributed by atoms with E-state index >= 15 is 0 Å². The van der Waals surface area contributed by atoms with Crippen LogP contribution in [0, 0.1) is 0 Å². The van der Waals surface area contributed by atoms with Gasteiger partial charge in [-0.3, -0.25) is 4.79 Å². The minimum Gasteiger partial charge on any atom is -0.504 e. The summed E-state index contributed by atoms with van der Waals surface area (Å²) in [4.78, 5) is 13.4. The number of phenols is 2. The Hall–Kier alpha value is -1.83. The molecule has 1 aliphatic heterocycles. The maximum absolute atomic E-state index is 12.1. The highest BCUT2D eigenvalue weighted by atomic mass is 16.3. The Morgan fingerprint density at radius 2 is 1.85 bits per heavy atom. The van der Waals surface area contributed by atoms with Crippen molar-refractivity contribution >= 4 is 5.91 Å². The fourth-order valence-corrected chi connectivity index (χ4v) is 2.22. The first kappa shape index (κ1) is 14.6. The lowest BCUT2D eigenvalue weighted by atomic mass is 10.0. The predicted octanol–water partition coefficient (Wildman–Crippen LogP) is -1.47. The highest BCUT2D eigenvalue weighted by Gasteiger charge is 2.34. The lowest BCUT2D eigenvalue weighted by molar-refractivity contribution is -0.132. The van der Waals surface area contributed by atoms with Gasteiger partial charge >= 0.3 is 0 Å². The molecule has 1 aliphatic rings. The number of carbonyl (C=O) groups excluding carboxylic acids is 1. The van der Waals surface area contributed by atoms with E-state index in [0.29, 0.717) is 5.56 Å². The maximum atomic E-state index is 12.1. The molecule has 1 heterocycles. The van der Waals surface area contributed by atoms with E-state index < -0.39 is 18.2 Å². The average molecular weight is 282 g/mol. The fraction of sp³-hybridized carbons (Fsp3) is 0.462. The second kappa shape index (κ2) is 5.66. The zero-order valence-corrected chi connectivity index (χ0v) is 10.8. The smallest absolute Gasteiger partial charge is 0.240 e. The number of nitrogens with zero attached hydrogens (tertiary/aromatic N) is 1. The van der Waals surface area contributed by atoms with Crippen molar-refractivity contribution in [2.24, 2.45) is 5.73 Å². The second-order valence-electron chi connectivity index (χ2n) is 5.01. The van der Waals surface area contributed by atoms with Gasteiger partial charge in [0.05, 0.1) is 18.2 Å². The topological polar surface area (TPSA) is 127 Å². The number of hydrogen-bond acceptors (Lipinski definition) is 6. The number of aromatic hydroxyl groups is 2. The highest BCUT2D eigenvalue weighted by molar-refractivity contribution is 5.82. The standard InChI is InChI=1S/C13H18N2O5/c14-8(3-7-1-2-9(16)10(17)4-7)13(20)15-5-11(18)12(19)6-15/h1-2,4,8,11-12,16-19H,3,5-6,14H2/t8-,11?,12?/m0/s1. The first-order valence-electron chi connectivity index (χ1n) is 6.30. The molecule has 1 aromatic carbocycles. The van der Waals surface area contributed by atoms with E-state index in [1.807, 2.05) is 0 Å². The van der Waals surface area contributed by atoms with Gasteiger partial charge in [-0.05, 0) is 24.1 Å². The first-order valence-corrected chi connectivity index (χ1v) is 6.30. The van der Waals surface area contributed by atoms with Crippen molar-refractivity contribution in [3.63, 3.8) is 0 Å². The minimum absolute atomic E-state index is 0.0640. The van der Waals surface area contributed by atoms with Crippen molar-refractivity contribution in [2.75, 3.05) is 13.1 Å². The van der Waals surface area contributed by atoms with E-state index in [-0.39, 0.29) is 36.9 Å². The summed E-state index contributed by atoms with van der Waals surface area (Å²) in [6.45, 7) is 0.128. The molecule has 0 saturated carbocycles. The summed E-state index contributed by atoms with van der Waals surface area (Å²) >= 11 is 0. The Balaban J connectivity index is 1.99. The zero-order valence-electron chi connectivity index (χ0n) is 10.8. The molecule has 7 nitrogen and oxygen atoms in total. The molecule has 0 aromatic heterocycles. The van der Waals surface area contributed by atoms with E-state index in [2.05, 4.69) is 0 Å². The number of aliphatic hydroxyl groups excluding tert-OH is 2. The van der Waals surface area contributed by atoms with Gasteiger partial charge in [0.15, 0.2) is 11.5 Å². The van der Waals surface area contributed by atoms with Gasteiger partial charge in [-0.2, -0.15) is 0 Å². The van der Waals surface area contributed by atoms with Gasteiger partial charge in [0, 0.05) is 13.1 Å². The van der Waals surface area contributed by atoms with Crippen molar-refractivity contribution in [3.8, 4) is 11.5 Å². The third-order valence-electron chi connectivity index (χ3n) is 3.38. The van der Waals surface area contributed by atoms with E-state index in [1.165, 1.54) is 17.0 Å². The third kappa shape index (κ3) is 3.01. The Labute approximate surface area is 115 Å². The zero-order chi connectivity index (χ0) is 14.9. The summed E-state index contributed by atoms with van der Waals surface area (Å²) in [5.41, 5.74) is 6.42. The Kier molecular flexibility index (Phi) is 4.12. The number of amides is 1. The molecule has 6 N–H and O–H groups in total. The van der Waals surface area contributed by atoms with Gasteiger partial charge in [0.1, 0.15) is 0 Å². The molecule has 2 rings (SSSR count). The molecule has 1 fully saturated rings. The Morgan fingerprint density at radius 3 is 2.40 bits per heavy atom. The van der Waals surface area contributed by atoms with Crippen LogP contribution < -0.4 is 5.73 Å². The molecule has 1 amide bonds. The minimum atomic E-state index is -0.941. The van der Waals surface area contributed by atoms with Crippen LogP contribution in [0.25, 0.3) is 0 Å². The summed E-state index contributed by atoms with van der Waals surface area (Å²) in [5.74, 6) is -0.873. The van der Waals surface area contributed by atoms with Crippen molar-refractivity contribution in [3.05, 3.63) is 23.8 Å². The number of rotatable bonds is 3. The number of aliphatic hydroxyl groups is 2. The highest BCUT2D eigenvalue weighted by Crippen LogP contribution is 2.25. The lowest BCUT2D eigenvalue weighted by Crippen LogP contribution is -2.44. The summed E-state index contributed by atoms with van der Waals surface area (Å²) in [5, 5.41) is 37.4. The lowest BCUT2D eigenvalue weighted by Gasteiger charge is -2.20. The van der Waals surface area contributed by atoms with Gasteiger partial charge in [0.25, 0.3) is 0 Å². The van der Waals surface area contributed by atoms with Crippen molar-refractivity contribution in [1.29, 1.82) is 0 Å². The Bertz CT molecular complexity index is 498. The molecule has 0 spiro atoms. The number of benzene rings is 1. The molecule has 0 aliphatic carbocycles. The average Bonchev–Trinajstić information content (AvgIpc) is 2.73. The molecular formula is C13H18N2O5. The SMILES string of the molecule is N[C@@H](Cc1ccc(O)c(O)c1)C(=O)N1CC(O)C(O)C1. The molecule has 1 saturated heterocycles. The molecule has 3 atom stereocenters. The van der Waals surface area contributed by atoms with Gasteiger partial charge in [-0.1, -0.05) is 6.07 Å². The third-order valence-corrected chi connectivity index (χ3v) is 3.38. The number of nitrogens with two attached hydrogens (primary N) is 1. The van der Waals surface area contributed by atoms with Crippen LogP contribution in [0.5, 0.6) is 11.5 Å². The van der Waals surface area contributed by atoms with Crippen LogP contribution >= 0.6 is 0 Å². The number of likely N-dealkylation sites (tertiary alicyclic amines) is 1. The molecule has 1 aromatic rings. The van der Waals surface area contributed by atoms with Crippen LogP contribution in [-0.4, -0.2) is 62.6 Å². The number of carbonyl (C=O) groups is 1. The number of phenolic OH excluding ortho intramolecular Hbond substituents is 2. The maximum Gasteiger partial charge on any atom is 0.240 e. The largest absolute Gasteiger partial charge is 0.504 e. The second-order valence-corrected chi connectivity index (χ2v) is 5.01. The van der Waals surface area contributed by atoms with Crippen LogP contribution in [0.4, 0.5) is 0 Å². The molecule has 2 unspecified atom stereocenters. The Morgan fingerprint density at radius 1 is 1.25 bits per heavy atom. The van der Waals surface area contributed by atoms with Crippen molar-refractivity contribution in [2.45, 2.75) is 24.7 Å². The number of hydrogen-bond donors (Lipinski definition) is 5. The van der Waals surface area contributed by atoms with Gasteiger partial charge in [0.2, 0.25) is 5.91 Å². The van der Waals surface area contributed by atoms with E-state index in [4.69, 9.17) is 5.73 Å². The normalized spacial score (nSPS) is 23.9. The summed E-state index contributed by atoms with van der Waals surface area (Å²) < 4.78 is 0. The van der Waals surface area contributed by atoms with Crippen LogP contribution in [-0.2, 0) is 11.2 Å². The molecule has 7 heteroatoms. The first-order chi connectivity index (χ1) is 9.38. The molecular weight excluding hydrogens is 264 g/mol. The monoisotopic (exact) mass is 282 g/mol. The van der Waals surface area contributed by atoms with Gasteiger partial charge < -0.3 is 31.1 Å².